The van der Waals surface area contributed by atoms with Crippen LogP contribution in [0.15, 0.2) is 83.8 Å². The Hall–Kier alpha value is -3.27. The van der Waals surface area contributed by atoms with Crippen LogP contribution in [-0.4, -0.2) is 55.1 Å². The summed E-state index contributed by atoms with van der Waals surface area (Å²) in [5.41, 5.74) is 1.42. The topological polar surface area (TPSA) is 86.8 Å². The second-order valence-electron chi connectivity index (χ2n) is 9.23. The lowest BCUT2D eigenvalue weighted by molar-refractivity contribution is -0.141. The van der Waals surface area contributed by atoms with Crippen LogP contribution in [0.5, 0.6) is 0 Å². The minimum absolute atomic E-state index is 0.0133. The fourth-order valence-electron chi connectivity index (χ4n) is 3.87. The van der Waals surface area contributed by atoms with E-state index in [9.17, 15) is 22.4 Å². The summed E-state index contributed by atoms with van der Waals surface area (Å²) in [5, 5.41) is 3.25. The van der Waals surface area contributed by atoms with Crippen LogP contribution in [0.25, 0.3) is 0 Å². The predicted octanol–water partition coefficient (Wildman–Crippen LogP) is 4.26. The third kappa shape index (κ3) is 7.86. The van der Waals surface area contributed by atoms with Gasteiger partial charge in [0.2, 0.25) is 21.8 Å². The second kappa shape index (κ2) is 13.0. The molecule has 7 nitrogen and oxygen atoms in total. The van der Waals surface area contributed by atoms with E-state index in [-0.39, 0.29) is 29.8 Å². The Morgan fingerprint density at radius 2 is 1.53 bits per heavy atom. The van der Waals surface area contributed by atoms with Crippen LogP contribution in [0, 0.1) is 5.82 Å². The lowest BCUT2D eigenvalue weighted by Gasteiger charge is -2.33. The van der Waals surface area contributed by atoms with Crippen LogP contribution in [-0.2, 0) is 32.6 Å². The van der Waals surface area contributed by atoms with E-state index < -0.39 is 34.3 Å². The average molecular weight is 560 g/mol. The molecule has 2 amide bonds. The van der Waals surface area contributed by atoms with Crippen molar-refractivity contribution < 1.29 is 22.4 Å². The molecule has 3 aromatic rings. The Morgan fingerprint density at radius 1 is 0.921 bits per heavy atom. The highest BCUT2D eigenvalue weighted by Crippen LogP contribution is 2.20. The highest BCUT2D eigenvalue weighted by atomic mass is 35.5. The summed E-state index contributed by atoms with van der Waals surface area (Å²) >= 11 is 5.89. The zero-order valence-electron chi connectivity index (χ0n) is 21.5. The minimum Gasteiger partial charge on any atom is -0.352 e. The van der Waals surface area contributed by atoms with Crippen LogP contribution in [0.4, 0.5) is 4.39 Å². The zero-order chi connectivity index (χ0) is 27.9. The molecule has 0 aliphatic heterocycles. The van der Waals surface area contributed by atoms with Crippen molar-refractivity contribution in [2.75, 3.05) is 13.6 Å². The van der Waals surface area contributed by atoms with Crippen LogP contribution in [0.2, 0.25) is 5.02 Å². The van der Waals surface area contributed by atoms with E-state index in [0.29, 0.717) is 10.6 Å². The molecule has 38 heavy (non-hydrogen) atoms. The van der Waals surface area contributed by atoms with Gasteiger partial charge in [-0.05, 0) is 61.4 Å². The van der Waals surface area contributed by atoms with E-state index in [2.05, 4.69) is 5.32 Å². The standard InChI is InChI=1S/C28H31ClFN3O4S/c1-20(2)31-28(35)26(17-21-7-5-4-6-8-21)33(18-22-9-13-24(30)14-10-22)27(34)19-32(3)38(36,37)25-15-11-23(29)12-16-25/h4-16,20,26H,17-19H2,1-3H3,(H,31,35)/t26-/m0/s1. The van der Waals surface area contributed by atoms with Gasteiger partial charge in [-0.25, -0.2) is 12.8 Å². The first-order valence-electron chi connectivity index (χ1n) is 12.1. The molecule has 0 aromatic heterocycles. The van der Waals surface area contributed by atoms with Crippen molar-refractivity contribution in [1.29, 1.82) is 0 Å². The second-order valence-corrected chi connectivity index (χ2v) is 11.7. The van der Waals surface area contributed by atoms with Gasteiger partial charge in [-0.2, -0.15) is 4.31 Å². The van der Waals surface area contributed by atoms with Crippen molar-refractivity contribution in [1.82, 2.24) is 14.5 Å². The van der Waals surface area contributed by atoms with Crippen LogP contribution in [0.3, 0.4) is 0 Å². The van der Waals surface area contributed by atoms with E-state index in [1.54, 1.807) is 0 Å². The number of likely N-dealkylation sites (N-methyl/N-ethyl adjacent to an activating group) is 1. The number of nitrogens with zero attached hydrogens (tertiary/aromatic N) is 2. The summed E-state index contributed by atoms with van der Waals surface area (Å²) in [6.45, 7) is 3.11. The summed E-state index contributed by atoms with van der Waals surface area (Å²) < 4.78 is 40.8. The number of carbonyl (C=O) groups excluding carboxylic acids is 2. The first kappa shape index (κ1) is 29.3. The molecule has 0 saturated heterocycles. The van der Waals surface area contributed by atoms with Gasteiger partial charge in [-0.3, -0.25) is 9.59 Å². The van der Waals surface area contributed by atoms with E-state index in [1.165, 1.54) is 60.5 Å². The van der Waals surface area contributed by atoms with Gasteiger partial charge < -0.3 is 10.2 Å². The number of amides is 2. The molecule has 0 bridgehead atoms. The maximum Gasteiger partial charge on any atom is 0.243 e. The van der Waals surface area contributed by atoms with E-state index in [1.807, 2.05) is 44.2 Å². The number of rotatable bonds is 11. The van der Waals surface area contributed by atoms with E-state index >= 15 is 0 Å². The van der Waals surface area contributed by atoms with Gasteiger partial charge in [0.05, 0.1) is 11.4 Å². The molecule has 1 N–H and O–H groups in total. The molecule has 0 fully saturated rings. The van der Waals surface area contributed by atoms with Crippen LogP contribution >= 0.6 is 11.6 Å². The molecule has 0 spiro atoms. The fourth-order valence-corrected chi connectivity index (χ4v) is 5.12. The average Bonchev–Trinajstić information content (AvgIpc) is 2.87. The summed E-state index contributed by atoms with van der Waals surface area (Å²) in [7, 11) is -2.71. The van der Waals surface area contributed by atoms with Gasteiger partial charge in [0.25, 0.3) is 0 Å². The molecule has 3 aromatic carbocycles. The number of halogens is 2. The lowest BCUT2D eigenvalue weighted by Crippen LogP contribution is -2.53. The number of benzene rings is 3. The van der Waals surface area contributed by atoms with Crippen molar-refractivity contribution in [3.63, 3.8) is 0 Å². The summed E-state index contributed by atoms with van der Waals surface area (Å²) in [4.78, 5) is 28.4. The van der Waals surface area contributed by atoms with Gasteiger partial charge >= 0.3 is 0 Å². The summed E-state index contributed by atoms with van der Waals surface area (Å²) in [5.74, 6) is -1.38. The van der Waals surface area contributed by atoms with Gasteiger partial charge in [-0.15, -0.1) is 0 Å². The van der Waals surface area contributed by atoms with Crippen molar-refractivity contribution in [2.45, 2.75) is 43.8 Å². The number of nitrogens with one attached hydrogen (secondary N) is 1. The minimum atomic E-state index is -4.01. The smallest absolute Gasteiger partial charge is 0.243 e. The molecule has 0 aliphatic rings. The van der Waals surface area contributed by atoms with Crippen molar-refractivity contribution in [3.05, 3.63) is 101 Å². The zero-order valence-corrected chi connectivity index (χ0v) is 23.0. The van der Waals surface area contributed by atoms with E-state index in [0.717, 1.165) is 9.87 Å². The lowest BCUT2D eigenvalue weighted by atomic mass is 10.0. The summed E-state index contributed by atoms with van der Waals surface area (Å²) in [6, 6.07) is 19.4. The van der Waals surface area contributed by atoms with Crippen LogP contribution < -0.4 is 5.32 Å². The number of carbonyl (C=O) groups is 2. The Bertz CT molecular complexity index is 1330. The highest BCUT2D eigenvalue weighted by Gasteiger charge is 2.33. The van der Waals surface area contributed by atoms with Crippen molar-refractivity contribution in [3.8, 4) is 0 Å². The maximum absolute atomic E-state index is 13.7. The van der Waals surface area contributed by atoms with E-state index in [4.69, 9.17) is 11.6 Å². The molecule has 3 rings (SSSR count). The van der Waals surface area contributed by atoms with Crippen molar-refractivity contribution >= 4 is 33.4 Å². The molecule has 0 aliphatic carbocycles. The number of hydrogen-bond donors (Lipinski definition) is 1. The fraction of sp³-hybridized carbons (Fsp3) is 0.286. The normalized spacial score (nSPS) is 12.4. The van der Waals surface area contributed by atoms with Crippen molar-refractivity contribution in [2.24, 2.45) is 0 Å². The molecule has 0 unspecified atom stereocenters. The Kier molecular flexibility index (Phi) is 10.0. The molecule has 1 atom stereocenters. The molecule has 0 saturated carbocycles. The Balaban J connectivity index is 1.96. The maximum atomic E-state index is 13.7. The molecule has 0 radical (unpaired) electrons. The number of sulfonamides is 1. The summed E-state index contributed by atoms with van der Waals surface area (Å²) in [6.07, 6.45) is 0.208. The first-order valence-corrected chi connectivity index (χ1v) is 13.9. The predicted molar refractivity (Wildman–Crippen MR) is 145 cm³/mol. The Labute approximate surface area is 228 Å². The first-order chi connectivity index (χ1) is 18.0. The molecular formula is C28H31ClFN3O4S. The third-order valence-electron chi connectivity index (χ3n) is 5.85. The monoisotopic (exact) mass is 559 g/mol. The van der Waals surface area contributed by atoms with Gasteiger partial charge in [0.15, 0.2) is 0 Å². The van der Waals surface area contributed by atoms with Crippen LogP contribution in [0.1, 0.15) is 25.0 Å². The quantitative estimate of drug-likeness (QED) is 0.380. The van der Waals surface area contributed by atoms with Gasteiger partial charge in [0.1, 0.15) is 11.9 Å². The largest absolute Gasteiger partial charge is 0.352 e. The van der Waals surface area contributed by atoms with Gasteiger partial charge in [0, 0.05) is 31.1 Å². The third-order valence-corrected chi connectivity index (χ3v) is 7.92. The molecule has 10 heteroatoms. The molecular weight excluding hydrogens is 529 g/mol. The Morgan fingerprint density at radius 3 is 2.11 bits per heavy atom. The highest BCUT2D eigenvalue weighted by molar-refractivity contribution is 7.89. The molecule has 0 heterocycles. The number of hydrogen-bond acceptors (Lipinski definition) is 4. The van der Waals surface area contributed by atoms with Gasteiger partial charge in [-0.1, -0.05) is 54.1 Å². The SMILES string of the molecule is CC(C)NC(=O)[C@H](Cc1ccccc1)N(Cc1ccc(F)cc1)C(=O)CN(C)S(=O)(=O)c1ccc(Cl)cc1. The molecule has 202 valence electrons.